The van der Waals surface area contributed by atoms with Crippen molar-refractivity contribution in [2.45, 2.75) is 45.2 Å². The molecule has 34 heavy (non-hydrogen) atoms. The van der Waals surface area contributed by atoms with Gasteiger partial charge in [0.1, 0.15) is 11.6 Å². The van der Waals surface area contributed by atoms with Crippen molar-refractivity contribution >= 4 is 11.6 Å². The van der Waals surface area contributed by atoms with Crippen molar-refractivity contribution in [3.8, 4) is 12.1 Å². The third-order valence-electron chi connectivity index (χ3n) is 6.07. The first kappa shape index (κ1) is 25.4. The molecule has 0 aliphatic carbocycles. The minimum atomic E-state index is -0.951. The molecule has 1 N–H and O–H groups in total. The molecule has 0 saturated heterocycles. The second-order valence-corrected chi connectivity index (χ2v) is 9.54. The van der Waals surface area contributed by atoms with Gasteiger partial charge < -0.3 is 5.32 Å². The molecule has 0 bridgehead atoms. The summed E-state index contributed by atoms with van der Waals surface area (Å²) in [6.45, 7) is 5.46. The maximum absolute atomic E-state index is 14.1. The van der Waals surface area contributed by atoms with Gasteiger partial charge in [-0.05, 0) is 80.3 Å². The zero-order chi connectivity index (χ0) is 24.9. The smallest absolute Gasteiger partial charge is 0.126 e. The van der Waals surface area contributed by atoms with Crippen molar-refractivity contribution in [1.29, 1.82) is 10.5 Å². The van der Waals surface area contributed by atoms with Crippen molar-refractivity contribution in [3.63, 3.8) is 0 Å². The van der Waals surface area contributed by atoms with Crippen molar-refractivity contribution in [2.24, 2.45) is 5.41 Å². The molecule has 1 unspecified atom stereocenters. The van der Waals surface area contributed by atoms with Gasteiger partial charge >= 0.3 is 0 Å². The zero-order valence-electron chi connectivity index (χ0n) is 19.3. The fourth-order valence-electron chi connectivity index (χ4n) is 4.20. The van der Waals surface area contributed by atoms with Crippen molar-refractivity contribution in [2.75, 3.05) is 0 Å². The second kappa shape index (κ2) is 10.8. The number of hydrogen-bond acceptors (Lipinski definition) is 3. The van der Waals surface area contributed by atoms with Gasteiger partial charge in [0, 0.05) is 23.0 Å². The first-order valence-electron chi connectivity index (χ1n) is 11.0. The average molecular weight is 478 g/mol. The quantitative estimate of drug-likeness (QED) is 0.377. The zero-order valence-corrected chi connectivity index (χ0v) is 20.1. The first-order valence-corrected chi connectivity index (χ1v) is 11.4. The first-order chi connectivity index (χ1) is 16.1. The molecule has 0 radical (unpaired) electrons. The van der Waals surface area contributed by atoms with E-state index in [0.29, 0.717) is 22.6 Å². The Bertz CT molecular complexity index is 1210. The van der Waals surface area contributed by atoms with Crippen molar-refractivity contribution in [3.05, 3.63) is 106 Å². The van der Waals surface area contributed by atoms with E-state index in [4.69, 9.17) is 11.6 Å². The number of nitrogens with one attached hydrogen (secondary N) is 1. The van der Waals surface area contributed by atoms with E-state index in [-0.39, 0.29) is 12.0 Å². The molecule has 3 atom stereocenters. The van der Waals surface area contributed by atoms with E-state index in [1.54, 1.807) is 19.9 Å². The molecule has 6 heteroatoms. The summed E-state index contributed by atoms with van der Waals surface area (Å²) in [7, 11) is 0. The van der Waals surface area contributed by atoms with Gasteiger partial charge in [-0.25, -0.2) is 8.78 Å². The lowest BCUT2D eigenvalue weighted by atomic mass is 9.79. The van der Waals surface area contributed by atoms with E-state index in [1.165, 1.54) is 12.1 Å². The molecule has 0 aliphatic heterocycles. The van der Waals surface area contributed by atoms with Gasteiger partial charge in [-0.1, -0.05) is 35.9 Å². The Kier molecular flexibility index (Phi) is 8.05. The predicted molar refractivity (Wildman–Crippen MR) is 130 cm³/mol. The molecule has 3 rings (SSSR count). The van der Waals surface area contributed by atoms with Gasteiger partial charge in [-0.15, -0.1) is 0 Å². The van der Waals surface area contributed by atoms with E-state index in [0.717, 1.165) is 17.2 Å². The largest absolute Gasteiger partial charge is 0.305 e. The lowest BCUT2D eigenvalue weighted by Crippen LogP contribution is -2.42. The van der Waals surface area contributed by atoms with E-state index in [9.17, 15) is 19.3 Å². The highest BCUT2D eigenvalue weighted by atomic mass is 35.5. The van der Waals surface area contributed by atoms with Crippen LogP contribution in [-0.4, -0.2) is 6.04 Å². The van der Waals surface area contributed by atoms with Gasteiger partial charge in [0.25, 0.3) is 0 Å². The van der Waals surface area contributed by atoms with Crippen molar-refractivity contribution < 1.29 is 8.78 Å². The van der Waals surface area contributed by atoms with Crippen LogP contribution >= 0.6 is 11.6 Å². The second-order valence-electron chi connectivity index (χ2n) is 9.10. The molecule has 0 aromatic heterocycles. The number of nitriles is 2. The van der Waals surface area contributed by atoms with Crippen LogP contribution in [0.1, 0.15) is 55.0 Å². The molecule has 0 aliphatic rings. The van der Waals surface area contributed by atoms with Gasteiger partial charge in [0.15, 0.2) is 0 Å². The third-order valence-corrected chi connectivity index (χ3v) is 6.33. The van der Waals surface area contributed by atoms with E-state index < -0.39 is 23.1 Å². The maximum atomic E-state index is 14.1. The summed E-state index contributed by atoms with van der Waals surface area (Å²) in [5, 5.41) is 23.4. The summed E-state index contributed by atoms with van der Waals surface area (Å²) >= 11 is 6.06. The summed E-state index contributed by atoms with van der Waals surface area (Å²) in [4.78, 5) is 0. The molecule has 174 valence electrons. The fraction of sp³-hybridized carbons (Fsp3) is 0.286. The number of nitrogens with zero attached hydrogens (tertiary/aromatic N) is 2. The molecule has 0 fully saturated rings. The van der Waals surface area contributed by atoms with Gasteiger partial charge in [0.2, 0.25) is 0 Å². The Balaban J connectivity index is 2.02. The predicted octanol–water partition coefficient (Wildman–Crippen LogP) is 7.09. The lowest BCUT2D eigenvalue weighted by Gasteiger charge is -2.35. The molecule has 0 heterocycles. The van der Waals surface area contributed by atoms with Crippen LogP contribution in [0.15, 0.2) is 66.7 Å². The molecule has 3 nitrogen and oxygen atoms in total. The Morgan fingerprint density at radius 1 is 0.941 bits per heavy atom. The van der Waals surface area contributed by atoms with E-state index in [2.05, 4.69) is 17.5 Å². The highest BCUT2D eigenvalue weighted by Gasteiger charge is 2.34. The number of rotatable bonds is 8. The van der Waals surface area contributed by atoms with Crippen LogP contribution < -0.4 is 5.32 Å². The number of benzene rings is 3. The molecule has 3 aromatic carbocycles. The van der Waals surface area contributed by atoms with Crippen LogP contribution in [0.5, 0.6) is 0 Å². The van der Waals surface area contributed by atoms with Gasteiger partial charge in [-0.2, -0.15) is 10.5 Å². The summed E-state index contributed by atoms with van der Waals surface area (Å²) < 4.78 is 28.1. The highest BCUT2D eigenvalue weighted by Crippen LogP contribution is 2.36. The maximum Gasteiger partial charge on any atom is 0.126 e. The monoisotopic (exact) mass is 477 g/mol. The average Bonchev–Trinajstić information content (AvgIpc) is 2.81. The van der Waals surface area contributed by atoms with Gasteiger partial charge in [-0.3, -0.25) is 0 Å². The van der Waals surface area contributed by atoms with Crippen molar-refractivity contribution in [1.82, 2.24) is 5.32 Å². The standard InChI is InChI=1S/C28H26ClF2N3/c1-18(34-27(28(2,3)17-33)22-13-24(30)15-25(31)14-22)26(12-19-7-9-23(29)10-8-19)21-6-4-5-20(11-21)16-32/h4-11,13-15,18,26-27,34H,12H2,1-3H3/t18-,26+,27?/m0/s1. The highest BCUT2D eigenvalue weighted by molar-refractivity contribution is 6.30. The van der Waals surface area contributed by atoms with Crippen LogP contribution in [0.2, 0.25) is 5.02 Å². The SMILES string of the molecule is C[C@H](NC(c1cc(F)cc(F)c1)C(C)(C)C#N)[C@@H](Cc1ccc(Cl)cc1)c1cccc(C#N)c1. The van der Waals surface area contributed by atoms with Crippen LogP contribution in [0.25, 0.3) is 0 Å². The number of hydrogen-bond donors (Lipinski definition) is 1. The molecule has 0 spiro atoms. The van der Waals surface area contributed by atoms with Crippen LogP contribution in [0, 0.1) is 39.7 Å². The minimum absolute atomic E-state index is 0.0927. The minimum Gasteiger partial charge on any atom is -0.305 e. The Morgan fingerprint density at radius 3 is 2.18 bits per heavy atom. The molecule has 3 aromatic rings. The number of halogens is 3. The Morgan fingerprint density at radius 2 is 1.59 bits per heavy atom. The summed E-state index contributed by atoms with van der Waals surface area (Å²) in [5.41, 5.74) is 1.97. The summed E-state index contributed by atoms with van der Waals surface area (Å²) in [6, 6.07) is 21.9. The van der Waals surface area contributed by atoms with Crippen LogP contribution in [-0.2, 0) is 6.42 Å². The molecular formula is C28H26ClF2N3. The van der Waals surface area contributed by atoms with E-state index in [1.807, 2.05) is 49.4 Å². The Labute approximate surface area is 204 Å². The van der Waals surface area contributed by atoms with Crippen LogP contribution in [0.4, 0.5) is 8.78 Å². The molecule has 0 amide bonds. The molecular weight excluding hydrogens is 452 g/mol. The molecule has 0 saturated carbocycles. The van der Waals surface area contributed by atoms with E-state index >= 15 is 0 Å². The Hall–Kier alpha value is -3.25. The lowest BCUT2D eigenvalue weighted by molar-refractivity contribution is 0.279. The third kappa shape index (κ3) is 6.20. The van der Waals surface area contributed by atoms with Crippen LogP contribution in [0.3, 0.4) is 0 Å². The summed E-state index contributed by atoms with van der Waals surface area (Å²) in [5.74, 6) is -1.48. The topological polar surface area (TPSA) is 59.6 Å². The fourth-order valence-corrected chi connectivity index (χ4v) is 4.33. The summed E-state index contributed by atoms with van der Waals surface area (Å²) in [6.07, 6.45) is 0.636. The normalized spacial score (nSPS) is 14.0. The van der Waals surface area contributed by atoms with Gasteiger partial charge in [0.05, 0.1) is 29.2 Å².